The van der Waals surface area contributed by atoms with Crippen LogP contribution in [0.25, 0.3) is 27.8 Å². The van der Waals surface area contributed by atoms with E-state index in [9.17, 15) is 4.79 Å². The molecule has 0 aliphatic rings. The van der Waals surface area contributed by atoms with Crippen LogP contribution in [0.1, 0.15) is 10.4 Å². The van der Waals surface area contributed by atoms with Gasteiger partial charge in [-0.1, -0.05) is 11.6 Å². The number of hydrogen-bond donors (Lipinski definition) is 0. The van der Waals surface area contributed by atoms with E-state index >= 15 is 0 Å². The van der Waals surface area contributed by atoms with E-state index in [1.807, 2.05) is 29.0 Å². The summed E-state index contributed by atoms with van der Waals surface area (Å²) in [4.78, 5) is 24.7. The molecule has 4 aromatic rings. The summed E-state index contributed by atoms with van der Waals surface area (Å²) in [6.07, 6.45) is 8.40. The van der Waals surface area contributed by atoms with Crippen LogP contribution < -0.4 is 0 Å². The second-order valence-corrected chi connectivity index (χ2v) is 6.05. The monoisotopic (exact) mass is 364 g/mol. The molecule has 0 saturated carbocycles. The van der Waals surface area contributed by atoms with Crippen LogP contribution in [0.15, 0.2) is 61.4 Å². The standard InChI is InChI=1S/C19H13ClN4O2/c1-26-19(25)13-6-12(9-22-10-13)16-8-18(24-5-4-21-11-24)15-3-2-14(20)7-17(15)23-16/h2-11H,1H3. The first-order valence-electron chi connectivity index (χ1n) is 7.78. The van der Waals surface area contributed by atoms with Gasteiger partial charge in [0.15, 0.2) is 0 Å². The predicted octanol–water partition coefficient (Wildman–Crippen LogP) is 3.92. The molecule has 26 heavy (non-hydrogen) atoms. The number of ether oxygens (including phenoxy) is 1. The van der Waals surface area contributed by atoms with Crippen LogP contribution in [0.2, 0.25) is 5.02 Å². The lowest BCUT2D eigenvalue weighted by molar-refractivity contribution is 0.0600. The van der Waals surface area contributed by atoms with Crippen LogP contribution in [-0.2, 0) is 4.74 Å². The van der Waals surface area contributed by atoms with Crippen LogP contribution >= 0.6 is 11.6 Å². The Kier molecular flexibility index (Phi) is 4.10. The highest BCUT2D eigenvalue weighted by Crippen LogP contribution is 2.29. The molecule has 0 spiro atoms. The second-order valence-electron chi connectivity index (χ2n) is 5.61. The zero-order chi connectivity index (χ0) is 18.1. The highest BCUT2D eigenvalue weighted by Gasteiger charge is 2.12. The van der Waals surface area contributed by atoms with Crippen LogP contribution in [0.4, 0.5) is 0 Å². The fourth-order valence-electron chi connectivity index (χ4n) is 2.76. The first-order chi connectivity index (χ1) is 12.7. The van der Waals surface area contributed by atoms with Crippen LogP contribution in [0.5, 0.6) is 0 Å². The number of benzene rings is 1. The summed E-state index contributed by atoms with van der Waals surface area (Å²) >= 11 is 6.15. The Labute approximate surface area is 154 Å². The van der Waals surface area contributed by atoms with Gasteiger partial charge in [0.05, 0.1) is 35.9 Å². The minimum absolute atomic E-state index is 0.363. The molecule has 3 aromatic heterocycles. The summed E-state index contributed by atoms with van der Waals surface area (Å²) < 4.78 is 6.67. The van der Waals surface area contributed by atoms with Gasteiger partial charge in [-0.3, -0.25) is 4.98 Å². The summed E-state index contributed by atoms with van der Waals surface area (Å²) in [5.74, 6) is -0.446. The molecule has 3 heterocycles. The van der Waals surface area contributed by atoms with E-state index in [1.54, 1.807) is 30.9 Å². The molecule has 0 fully saturated rings. The first-order valence-corrected chi connectivity index (χ1v) is 8.16. The predicted molar refractivity (Wildman–Crippen MR) is 98.4 cm³/mol. The highest BCUT2D eigenvalue weighted by molar-refractivity contribution is 6.31. The van der Waals surface area contributed by atoms with E-state index in [2.05, 4.69) is 9.97 Å². The fourth-order valence-corrected chi connectivity index (χ4v) is 2.92. The molecule has 0 unspecified atom stereocenters. The molecule has 1 aromatic carbocycles. The van der Waals surface area contributed by atoms with Gasteiger partial charge in [-0.15, -0.1) is 0 Å². The highest BCUT2D eigenvalue weighted by atomic mass is 35.5. The number of pyridine rings is 2. The van der Waals surface area contributed by atoms with Crippen molar-refractivity contribution >= 4 is 28.5 Å². The average molecular weight is 365 g/mol. The van der Waals surface area contributed by atoms with E-state index in [0.717, 1.165) is 16.6 Å². The zero-order valence-corrected chi connectivity index (χ0v) is 14.5. The molecular weight excluding hydrogens is 352 g/mol. The third kappa shape index (κ3) is 2.91. The van der Waals surface area contributed by atoms with E-state index in [-0.39, 0.29) is 0 Å². The van der Waals surface area contributed by atoms with Crippen molar-refractivity contribution in [3.63, 3.8) is 0 Å². The van der Waals surface area contributed by atoms with Gasteiger partial charge in [0.2, 0.25) is 0 Å². The molecule has 0 radical (unpaired) electrons. The molecule has 0 atom stereocenters. The van der Waals surface area contributed by atoms with Crippen LogP contribution in [-0.4, -0.2) is 32.6 Å². The third-order valence-corrected chi connectivity index (χ3v) is 4.22. The Balaban J connectivity index is 1.95. The van der Waals surface area contributed by atoms with Crippen molar-refractivity contribution in [1.82, 2.24) is 19.5 Å². The number of esters is 1. The van der Waals surface area contributed by atoms with Gasteiger partial charge in [-0.2, -0.15) is 0 Å². The molecule has 0 bridgehead atoms. The molecule has 0 amide bonds. The topological polar surface area (TPSA) is 69.9 Å². The summed E-state index contributed by atoms with van der Waals surface area (Å²) in [5.41, 5.74) is 3.38. The maximum atomic E-state index is 11.8. The smallest absolute Gasteiger partial charge is 0.339 e. The van der Waals surface area contributed by atoms with E-state index in [1.165, 1.54) is 13.3 Å². The lowest BCUT2D eigenvalue weighted by Gasteiger charge is -2.11. The fraction of sp³-hybridized carbons (Fsp3) is 0.0526. The number of aromatic nitrogens is 4. The number of imidazole rings is 1. The molecule has 4 rings (SSSR count). The largest absolute Gasteiger partial charge is 0.465 e. The van der Waals surface area contributed by atoms with Gasteiger partial charge < -0.3 is 9.30 Å². The van der Waals surface area contributed by atoms with E-state index < -0.39 is 5.97 Å². The Morgan fingerprint density at radius 2 is 2.04 bits per heavy atom. The number of halogens is 1. The summed E-state index contributed by atoms with van der Waals surface area (Å²) in [6.45, 7) is 0. The Hall–Kier alpha value is -3.25. The van der Waals surface area contributed by atoms with Crippen molar-refractivity contribution in [1.29, 1.82) is 0 Å². The number of rotatable bonds is 3. The lowest BCUT2D eigenvalue weighted by Crippen LogP contribution is -2.02. The number of hydrogen-bond acceptors (Lipinski definition) is 5. The second kappa shape index (κ2) is 6.57. The summed E-state index contributed by atoms with van der Waals surface area (Å²) in [5, 5.41) is 1.54. The van der Waals surface area contributed by atoms with Gasteiger partial charge >= 0.3 is 5.97 Å². The van der Waals surface area contributed by atoms with Crippen molar-refractivity contribution in [2.45, 2.75) is 0 Å². The summed E-state index contributed by atoms with van der Waals surface area (Å²) in [7, 11) is 1.34. The number of carbonyl (C=O) groups excluding carboxylic acids is 1. The summed E-state index contributed by atoms with van der Waals surface area (Å²) in [6, 6.07) is 9.18. The van der Waals surface area contributed by atoms with Crippen molar-refractivity contribution < 1.29 is 9.53 Å². The Bertz CT molecular complexity index is 1110. The van der Waals surface area contributed by atoms with Crippen molar-refractivity contribution in [2.75, 3.05) is 7.11 Å². The maximum Gasteiger partial charge on any atom is 0.339 e. The van der Waals surface area contributed by atoms with Gasteiger partial charge in [-0.05, 0) is 30.3 Å². The number of carbonyl (C=O) groups is 1. The number of methoxy groups -OCH3 is 1. The normalized spacial score (nSPS) is 10.8. The van der Waals surface area contributed by atoms with Gasteiger partial charge in [-0.25, -0.2) is 14.8 Å². The van der Waals surface area contributed by atoms with Gasteiger partial charge in [0.25, 0.3) is 0 Å². The number of nitrogens with zero attached hydrogens (tertiary/aromatic N) is 4. The van der Waals surface area contributed by atoms with Crippen molar-refractivity contribution in [2.24, 2.45) is 0 Å². The van der Waals surface area contributed by atoms with Crippen molar-refractivity contribution in [3.05, 3.63) is 72.0 Å². The van der Waals surface area contributed by atoms with Gasteiger partial charge in [0, 0.05) is 40.8 Å². The third-order valence-electron chi connectivity index (χ3n) is 3.99. The molecule has 0 saturated heterocycles. The average Bonchev–Trinajstić information content (AvgIpc) is 3.21. The molecule has 0 aliphatic carbocycles. The zero-order valence-electron chi connectivity index (χ0n) is 13.8. The van der Waals surface area contributed by atoms with E-state index in [4.69, 9.17) is 21.3 Å². The molecular formula is C19H13ClN4O2. The minimum Gasteiger partial charge on any atom is -0.465 e. The maximum absolute atomic E-state index is 11.8. The SMILES string of the molecule is COC(=O)c1cncc(-c2cc(-n3ccnc3)c3ccc(Cl)cc3n2)c1. The quantitative estimate of drug-likeness (QED) is 0.515. The molecule has 6 nitrogen and oxygen atoms in total. The molecule has 7 heteroatoms. The lowest BCUT2D eigenvalue weighted by atomic mass is 10.1. The number of fused-ring (bicyclic) bond motifs is 1. The van der Waals surface area contributed by atoms with E-state index in [0.29, 0.717) is 21.8 Å². The Morgan fingerprint density at radius 1 is 1.15 bits per heavy atom. The van der Waals surface area contributed by atoms with Gasteiger partial charge in [0.1, 0.15) is 0 Å². The van der Waals surface area contributed by atoms with Crippen molar-refractivity contribution in [3.8, 4) is 16.9 Å². The molecule has 128 valence electrons. The minimum atomic E-state index is -0.446. The van der Waals surface area contributed by atoms with Crippen LogP contribution in [0, 0.1) is 0 Å². The van der Waals surface area contributed by atoms with Crippen LogP contribution in [0.3, 0.4) is 0 Å². The molecule has 0 aliphatic heterocycles. The Morgan fingerprint density at radius 3 is 2.81 bits per heavy atom. The molecule has 0 N–H and O–H groups in total. The first kappa shape index (κ1) is 16.2.